The molecule has 1 aromatic carbocycles. The number of anilines is 1. The molecule has 2 nitrogen and oxygen atoms in total. The highest BCUT2D eigenvalue weighted by atomic mass is 16.5. The van der Waals surface area contributed by atoms with Gasteiger partial charge < -0.3 is 10.1 Å². The van der Waals surface area contributed by atoms with Crippen LogP contribution < -0.4 is 10.1 Å². The fourth-order valence-electron chi connectivity index (χ4n) is 1.63. The summed E-state index contributed by atoms with van der Waals surface area (Å²) in [5.41, 5.74) is 2.52. The van der Waals surface area contributed by atoms with Gasteiger partial charge in [0.25, 0.3) is 0 Å². The van der Waals surface area contributed by atoms with Crippen LogP contribution in [0.1, 0.15) is 19.4 Å². The van der Waals surface area contributed by atoms with E-state index < -0.39 is 0 Å². The first kappa shape index (κ1) is 8.42. The van der Waals surface area contributed by atoms with Crippen LogP contribution in [0.2, 0.25) is 0 Å². The van der Waals surface area contributed by atoms with Crippen LogP contribution in [0.3, 0.4) is 0 Å². The summed E-state index contributed by atoms with van der Waals surface area (Å²) in [4.78, 5) is 0. The molecule has 13 heavy (non-hydrogen) atoms. The number of fused-ring (bicyclic) bond motifs is 1. The number of hydrogen-bond acceptors (Lipinski definition) is 2. The Hall–Kier alpha value is -1.18. The standard InChI is InChI=1S/C11H15NO/c1-8(2)5-9-3-4-11-10(6-9)12-7-13-11/h3-4,6,8,12H,5,7H2,1-2H3. The predicted octanol–water partition coefficient (Wildman–Crippen LogP) is 2.65. The van der Waals surface area contributed by atoms with Gasteiger partial charge in [-0.1, -0.05) is 19.9 Å². The van der Waals surface area contributed by atoms with Crippen LogP contribution in [0.5, 0.6) is 5.75 Å². The van der Waals surface area contributed by atoms with Crippen LogP contribution in [-0.4, -0.2) is 6.73 Å². The van der Waals surface area contributed by atoms with Crippen LogP contribution in [0.4, 0.5) is 5.69 Å². The van der Waals surface area contributed by atoms with Crippen LogP contribution in [0.15, 0.2) is 18.2 Å². The van der Waals surface area contributed by atoms with Crippen molar-refractivity contribution < 1.29 is 4.74 Å². The van der Waals surface area contributed by atoms with E-state index in [0.717, 1.165) is 17.9 Å². The maximum atomic E-state index is 5.35. The molecule has 0 aromatic heterocycles. The van der Waals surface area contributed by atoms with E-state index in [1.165, 1.54) is 5.56 Å². The quantitative estimate of drug-likeness (QED) is 0.749. The summed E-state index contributed by atoms with van der Waals surface area (Å²) in [5.74, 6) is 1.69. The molecule has 0 aliphatic carbocycles. The highest BCUT2D eigenvalue weighted by Crippen LogP contribution is 2.30. The number of hydrogen-bond donors (Lipinski definition) is 1. The Morgan fingerprint density at radius 3 is 3.08 bits per heavy atom. The van der Waals surface area contributed by atoms with Gasteiger partial charge >= 0.3 is 0 Å². The van der Waals surface area contributed by atoms with Gasteiger partial charge in [-0.25, -0.2) is 0 Å². The van der Waals surface area contributed by atoms with Crippen molar-refractivity contribution in [2.75, 3.05) is 12.0 Å². The molecule has 0 unspecified atom stereocenters. The van der Waals surface area contributed by atoms with E-state index in [0.29, 0.717) is 12.6 Å². The lowest BCUT2D eigenvalue weighted by molar-refractivity contribution is 0.372. The molecule has 1 aliphatic rings. The molecular formula is C11H15NO. The largest absolute Gasteiger partial charge is 0.471 e. The smallest absolute Gasteiger partial charge is 0.159 e. The van der Waals surface area contributed by atoms with Gasteiger partial charge in [-0.05, 0) is 30.0 Å². The molecule has 1 aromatic rings. The van der Waals surface area contributed by atoms with Gasteiger partial charge in [-0.3, -0.25) is 0 Å². The van der Waals surface area contributed by atoms with Crippen molar-refractivity contribution in [3.05, 3.63) is 23.8 Å². The van der Waals surface area contributed by atoms with Crippen molar-refractivity contribution in [3.63, 3.8) is 0 Å². The van der Waals surface area contributed by atoms with Crippen LogP contribution in [0.25, 0.3) is 0 Å². The first-order valence-corrected chi connectivity index (χ1v) is 4.75. The molecule has 1 heterocycles. The number of ether oxygens (including phenoxy) is 1. The lowest BCUT2D eigenvalue weighted by Crippen LogP contribution is -1.97. The van der Waals surface area contributed by atoms with E-state index in [9.17, 15) is 0 Å². The van der Waals surface area contributed by atoms with E-state index >= 15 is 0 Å². The van der Waals surface area contributed by atoms with E-state index in [2.05, 4.69) is 31.3 Å². The minimum Gasteiger partial charge on any atom is -0.471 e. The Morgan fingerprint density at radius 1 is 1.46 bits per heavy atom. The number of rotatable bonds is 2. The zero-order chi connectivity index (χ0) is 9.26. The van der Waals surface area contributed by atoms with E-state index in [-0.39, 0.29) is 0 Å². The van der Waals surface area contributed by atoms with Gasteiger partial charge in [-0.2, -0.15) is 0 Å². The van der Waals surface area contributed by atoms with Crippen molar-refractivity contribution in [2.45, 2.75) is 20.3 Å². The third-order valence-corrected chi connectivity index (χ3v) is 2.18. The minimum absolute atomic E-state index is 0.612. The topological polar surface area (TPSA) is 21.3 Å². The molecule has 70 valence electrons. The molecule has 0 atom stereocenters. The van der Waals surface area contributed by atoms with Gasteiger partial charge in [0.1, 0.15) is 5.75 Å². The lowest BCUT2D eigenvalue weighted by Gasteiger charge is -2.05. The summed E-state index contributed by atoms with van der Waals surface area (Å²) in [6.45, 7) is 5.08. The summed E-state index contributed by atoms with van der Waals surface area (Å²) in [7, 11) is 0. The molecule has 0 saturated heterocycles. The van der Waals surface area contributed by atoms with E-state index in [1.807, 2.05) is 6.07 Å². The Morgan fingerprint density at radius 2 is 2.31 bits per heavy atom. The van der Waals surface area contributed by atoms with Gasteiger partial charge in [-0.15, -0.1) is 0 Å². The molecule has 1 aliphatic heterocycles. The predicted molar refractivity (Wildman–Crippen MR) is 54.1 cm³/mol. The van der Waals surface area contributed by atoms with Crippen LogP contribution in [0, 0.1) is 5.92 Å². The third kappa shape index (κ3) is 1.77. The van der Waals surface area contributed by atoms with Gasteiger partial charge in [0.2, 0.25) is 0 Å². The summed E-state index contributed by atoms with van der Waals surface area (Å²) in [6.07, 6.45) is 1.13. The van der Waals surface area contributed by atoms with Gasteiger partial charge in [0.05, 0.1) is 5.69 Å². The molecule has 0 radical (unpaired) electrons. The third-order valence-electron chi connectivity index (χ3n) is 2.18. The maximum Gasteiger partial charge on any atom is 0.159 e. The number of benzene rings is 1. The Kier molecular flexibility index (Phi) is 2.13. The van der Waals surface area contributed by atoms with Crippen molar-refractivity contribution in [2.24, 2.45) is 5.92 Å². The van der Waals surface area contributed by atoms with E-state index in [1.54, 1.807) is 0 Å². The van der Waals surface area contributed by atoms with Crippen molar-refractivity contribution in [3.8, 4) is 5.75 Å². The zero-order valence-electron chi connectivity index (χ0n) is 8.13. The van der Waals surface area contributed by atoms with Crippen molar-refractivity contribution >= 4 is 5.69 Å². The summed E-state index contributed by atoms with van der Waals surface area (Å²) in [5, 5.41) is 3.19. The van der Waals surface area contributed by atoms with Crippen LogP contribution >= 0.6 is 0 Å². The lowest BCUT2D eigenvalue weighted by atomic mass is 10.0. The highest BCUT2D eigenvalue weighted by Gasteiger charge is 2.10. The fourth-order valence-corrected chi connectivity index (χ4v) is 1.63. The van der Waals surface area contributed by atoms with Gasteiger partial charge in [0.15, 0.2) is 6.73 Å². The molecule has 2 heteroatoms. The monoisotopic (exact) mass is 177 g/mol. The SMILES string of the molecule is CC(C)Cc1ccc2c(c1)NCO2. The van der Waals surface area contributed by atoms with Crippen molar-refractivity contribution in [1.82, 2.24) is 0 Å². The molecule has 0 fully saturated rings. The van der Waals surface area contributed by atoms with E-state index in [4.69, 9.17) is 4.74 Å². The molecule has 0 saturated carbocycles. The molecule has 0 spiro atoms. The molecule has 2 rings (SSSR count). The highest BCUT2D eigenvalue weighted by molar-refractivity contribution is 5.60. The average molecular weight is 177 g/mol. The Bertz CT molecular complexity index is 307. The minimum atomic E-state index is 0.612. The first-order chi connectivity index (χ1) is 6.25. The fraction of sp³-hybridized carbons (Fsp3) is 0.455. The Labute approximate surface area is 78.9 Å². The Balaban J connectivity index is 2.21. The van der Waals surface area contributed by atoms with Crippen LogP contribution in [-0.2, 0) is 6.42 Å². The van der Waals surface area contributed by atoms with Crippen molar-refractivity contribution in [1.29, 1.82) is 0 Å². The molecule has 0 amide bonds. The maximum absolute atomic E-state index is 5.35. The second kappa shape index (κ2) is 3.29. The molecule has 1 N–H and O–H groups in total. The molecular weight excluding hydrogens is 162 g/mol. The molecule has 0 bridgehead atoms. The second-order valence-corrected chi connectivity index (χ2v) is 3.89. The summed E-state index contributed by atoms with van der Waals surface area (Å²) in [6, 6.07) is 6.38. The zero-order valence-corrected chi connectivity index (χ0v) is 8.13. The second-order valence-electron chi connectivity index (χ2n) is 3.89. The first-order valence-electron chi connectivity index (χ1n) is 4.75. The average Bonchev–Trinajstić information content (AvgIpc) is 2.49. The number of nitrogens with one attached hydrogen (secondary N) is 1. The normalized spacial score (nSPS) is 13.8. The summed E-state index contributed by atoms with van der Waals surface area (Å²) < 4.78 is 5.35. The summed E-state index contributed by atoms with van der Waals surface area (Å²) >= 11 is 0. The van der Waals surface area contributed by atoms with Gasteiger partial charge in [0, 0.05) is 0 Å².